The van der Waals surface area contributed by atoms with E-state index in [-0.39, 0.29) is 31.6 Å². The Kier molecular flexibility index (Phi) is 8.28. The molecule has 128 valence electrons. The molecule has 0 saturated heterocycles. The van der Waals surface area contributed by atoms with Gasteiger partial charge in [0.2, 0.25) is 0 Å². The predicted octanol–water partition coefficient (Wildman–Crippen LogP) is 0.103. The standard InChI is InChI=1S/C15H23N3O4S/c1-4-18(10-14(20)17-15(21)22-5-2)9-13(19)16-11(3)12-7-6-8-23-12/h6-8,11H,4-5,9-10H2,1-3H3,(H,16,19)(H,17,20,21)/p+1/t11-/m1/s1. The van der Waals surface area contributed by atoms with Crippen LogP contribution in [0, 0.1) is 0 Å². The highest BCUT2D eigenvalue weighted by Gasteiger charge is 2.20. The van der Waals surface area contributed by atoms with Crippen molar-refractivity contribution in [2.45, 2.75) is 26.8 Å². The summed E-state index contributed by atoms with van der Waals surface area (Å²) in [5, 5.41) is 7.00. The van der Waals surface area contributed by atoms with E-state index in [9.17, 15) is 14.4 Å². The lowest BCUT2D eigenvalue weighted by atomic mass is 10.2. The van der Waals surface area contributed by atoms with Crippen LogP contribution in [0.5, 0.6) is 0 Å². The maximum Gasteiger partial charge on any atom is 0.414 e. The molecule has 3 N–H and O–H groups in total. The number of alkyl carbamates (subject to hydrolysis) is 1. The first-order valence-corrected chi connectivity index (χ1v) is 8.47. The van der Waals surface area contributed by atoms with Gasteiger partial charge < -0.3 is 15.0 Å². The Morgan fingerprint density at radius 1 is 1.26 bits per heavy atom. The smallest absolute Gasteiger partial charge is 0.414 e. The van der Waals surface area contributed by atoms with Crippen LogP contribution >= 0.6 is 11.3 Å². The number of rotatable bonds is 8. The Bertz CT molecular complexity index is 519. The summed E-state index contributed by atoms with van der Waals surface area (Å²) in [6.07, 6.45) is -0.760. The molecule has 3 amide bonds. The lowest BCUT2D eigenvalue weighted by Crippen LogP contribution is -3.14. The molecule has 8 heteroatoms. The van der Waals surface area contributed by atoms with Gasteiger partial charge in [0.05, 0.1) is 19.2 Å². The second-order valence-electron chi connectivity index (χ2n) is 5.03. The maximum atomic E-state index is 12.1. The third-order valence-electron chi connectivity index (χ3n) is 3.19. The fourth-order valence-corrected chi connectivity index (χ4v) is 2.73. The highest BCUT2D eigenvalue weighted by atomic mass is 32.1. The molecule has 0 spiro atoms. The van der Waals surface area contributed by atoms with Crippen LogP contribution in [0.3, 0.4) is 0 Å². The highest BCUT2D eigenvalue weighted by molar-refractivity contribution is 7.10. The van der Waals surface area contributed by atoms with Crippen LogP contribution in [0.2, 0.25) is 0 Å². The number of nitrogens with one attached hydrogen (secondary N) is 3. The van der Waals surface area contributed by atoms with Gasteiger partial charge in [-0.05, 0) is 32.2 Å². The first-order chi connectivity index (χ1) is 11.0. The van der Waals surface area contributed by atoms with Crippen molar-refractivity contribution < 1.29 is 24.0 Å². The maximum absolute atomic E-state index is 12.1. The molecule has 0 aliphatic rings. The molecule has 1 unspecified atom stereocenters. The van der Waals surface area contributed by atoms with Crippen molar-refractivity contribution in [3.8, 4) is 0 Å². The predicted molar refractivity (Wildman–Crippen MR) is 87.3 cm³/mol. The Balaban J connectivity index is 2.41. The van der Waals surface area contributed by atoms with Crippen LogP contribution < -0.4 is 15.5 Å². The average molecular weight is 342 g/mol. The van der Waals surface area contributed by atoms with Crippen LogP contribution in [0.1, 0.15) is 31.7 Å². The average Bonchev–Trinajstić information content (AvgIpc) is 3.00. The third-order valence-corrected chi connectivity index (χ3v) is 4.24. The number of thiophene rings is 1. The minimum atomic E-state index is -0.760. The number of hydrogen-bond donors (Lipinski definition) is 3. The third kappa shape index (κ3) is 7.25. The summed E-state index contributed by atoms with van der Waals surface area (Å²) in [4.78, 5) is 36.8. The zero-order valence-corrected chi connectivity index (χ0v) is 14.5. The van der Waals surface area contributed by atoms with Crippen molar-refractivity contribution in [2.24, 2.45) is 0 Å². The number of carbonyl (C=O) groups is 3. The molecule has 0 aliphatic heterocycles. The zero-order valence-electron chi connectivity index (χ0n) is 13.7. The molecule has 1 rings (SSSR count). The van der Waals surface area contributed by atoms with Gasteiger partial charge in [0.25, 0.3) is 11.8 Å². The molecule has 0 saturated carbocycles. The van der Waals surface area contributed by atoms with Crippen LogP contribution in [0.15, 0.2) is 17.5 Å². The van der Waals surface area contributed by atoms with Crippen LogP contribution in [-0.4, -0.2) is 44.1 Å². The van der Waals surface area contributed by atoms with E-state index in [0.29, 0.717) is 6.54 Å². The Morgan fingerprint density at radius 3 is 2.52 bits per heavy atom. The Hall–Kier alpha value is -1.93. The number of amides is 3. The molecular formula is C15H24N3O4S+. The minimum absolute atomic E-state index is 0.0378. The van der Waals surface area contributed by atoms with Crippen molar-refractivity contribution in [3.63, 3.8) is 0 Å². The summed E-state index contributed by atoms with van der Waals surface area (Å²) in [5.41, 5.74) is 0. The van der Waals surface area contributed by atoms with E-state index in [1.165, 1.54) is 0 Å². The van der Waals surface area contributed by atoms with Gasteiger partial charge in [-0.25, -0.2) is 4.79 Å². The van der Waals surface area contributed by atoms with E-state index < -0.39 is 12.0 Å². The number of hydrogen-bond acceptors (Lipinski definition) is 5. The van der Waals surface area contributed by atoms with Gasteiger partial charge in [-0.15, -0.1) is 11.3 Å². The molecule has 7 nitrogen and oxygen atoms in total. The van der Waals surface area contributed by atoms with Crippen molar-refractivity contribution in [1.82, 2.24) is 10.6 Å². The van der Waals surface area contributed by atoms with E-state index in [4.69, 9.17) is 0 Å². The largest absolute Gasteiger partial charge is 0.450 e. The normalized spacial score (nSPS) is 13.0. The Morgan fingerprint density at radius 2 is 1.96 bits per heavy atom. The monoisotopic (exact) mass is 342 g/mol. The van der Waals surface area contributed by atoms with Gasteiger partial charge in [0, 0.05) is 4.88 Å². The minimum Gasteiger partial charge on any atom is -0.450 e. The van der Waals surface area contributed by atoms with E-state index in [1.807, 2.05) is 31.4 Å². The fraction of sp³-hybridized carbons (Fsp3) is 0.533. The van der Waals surface area contributed by atoms with E-state index in [1.54, 1.807) is 18.3 Å². The lowest BCUT2D eigenvalue weighted by molar-refractivity contribution is -0.881. The second-order valence-corrected chi connectivity index (χ2v) is 6.01. The number of carbonyl (C=O) groups excluding carboxylic acids is 3. The molecular weight excluding hydrogens is 318 g/mol. The summed E-state index contributed by atoms with van der Waals surface area (Å²) < 4.78 is 4.64. The first-order valence-electron chi connectivity index (χ1n) is 7.59. The SMILES string of the molecule is CCOC(=O)NC(=O)C[NH+](CC)CC(=O)N[C@H](C)c1cccs1. The summed E-state index contributed by atoms with van der Waals surface area (Å²) >= 11 is 1.58. The van der Waals surface area contributed by atoms with Crippen LogP contribution in [0.25, 0.3) is 0 Å². The molecule has 2 atom stereocenters. The number of likely N-dealkylation sites (N-methyl/N-ethyl adjacent to an activating group) is 1. The lowest BCUT2D eigenvalue weighted by Gasteiger charge is -2.18. The van der Waals surface area contributed by atoms with Crippen molar-refractivity contribution >= 4 is 29.2 Å². The molecule has 0 radical (unpaired) electrons. The summed E-state index contributed by atoms with van der Waals surface area (Å²) in [7, 11) is 0. The van der Waals surface area contributed by atoms with Gasteiger partial charge in [0.1, 0.15) is 0 Å². The van der Waals surface area contributed by atoms with Crippen LogP contribution in [0.4, 0.5) is 4.79 Å². The first kappa shape index (κ1) is 19.1. The van der Waals surface area contributed by atoms with E-state index in [2.05, 4.69) is 15.4 Å². The van der Waals surface area contributed by atoms with Crippen molar-refractivity contribution in [3.05, 3.63) is 22.4 Å². The topological polar surface area (TPSA) is 88.9 Å². The molecule has 1 aromatic heterocycles. The van der Waals surface area contributed by atoms with Gasteiger partial charge in [-0.1, -0.05) is 6.07 Å². The number of ether oxygens (including phenoxy) is 1. The zero-order chi connectivity index (χ0) is 17.2. The van der Waals surface area contributed by atoms with Crippen molar-refractivity contribution in [2.75, 3.05) is 26.2 Å². The highest BCUT2D eigenvalue weighted by Crippen LogP contribution is 2.17. The van der Waals surface area contributed by atoms with E-state index in [0.717, 1.165) is 9.78 Å². The Labute approximate surface area is 140 Å². The van der Waals surface area contributed by atoms with Crippen LogP contribution in [-0.2, 0) is 14.3 Å². The fourth-order valence-electron chi connectivity index (χ4n) is 1.99. The quantitative estimate of drug-likeness (QED) is 0.625. The molecule has 0 bridgehead atoms. The number of quaternary nitrogens is 1. The molecule has 23 heavy (non-hydrogen) atoms. The van der Waals surface area contributed by atoms with Gasteiger partial charge in [0.15, 0.2) is 13.1 Å². The van der Waals surface area contributed by atoms with Gasteiger partial charge in [-0.3, -0.25) is 14.9 Å². The van der Waals surface area contributed by atoms with Gasteiger partial charge >= 0.3 is 6.09 Å². The second kappa shape index (κ2) is 9.96. The number of imide groups is 1. The molecule has 0 fully saturated rings. The summed E-state index contributed by atoms with van der Waals surface area (Å²) in [6.45, 7) is 6.46. The molecule has 1 aromatic rings. The van der Waals surface area contributed by atoms with Gasteiger partial charge in [-0.2, -0.15) is 0 Å². The van der Waals surface area contributed by atoms with Crippen molar-refractivity contribution in [1.29, 1.82) is 0 Å². The summed E-state index contributed by atoms with van der Waals surface area (Å²) in [6, 6.07) is 3.84. The molecule has 0 aromatic carbocycles. The summed E-state index contributed by atoms with van der Waals surface area (Å²) in [5.74, 6) is -0.592. The van der Waals surface area contributed by atoms with E-state index >= 15 is 0 Å². The molecule has 0 aliphatic carbocycles. The molecule has 1 heterocycles.